The minimum absolute atomic E-state index is 0.0278. The first-order valence-corrected chi connectivity index (χ1v) is 6.13. The fraction of sp³-hybridized carbons (Fsp3) is 0. The van der Waals surface area contributed by atoms with Gasteiger partial charge >= 0.3 is 0 Å². The largest absolute Gasteiger partial charge is 0.295 e. The normalized spacial score (nSPS) is 9.27. The van der Waals surface area contributed by atoms with Gasteiger partial charge in [-0.25, -0.2) is 0 Å². The van der Waals surface area contributed by atoms with Gasteiger partial charge < -0.3 is 0 Å². The number of rotatable bonds is 0. The van der Waals surface area contributed by atoms with Crippen LogP contribution in [-0.2, 0) is 0 Å². The molecule has 3 aromatic carbocycles. The molecule has 0 heterocycles. The van der Waals surface area contributed by atoms with Crippen LogP contribution in [0.25, 0.3) is 10.8 Å². The van der Waals surface area contributed by atoms with E-state index in [2.05, 4.69) is 36.4 Å². The van der Waals surface area contributed by atoms with Gasteiger partial charge in [0.05, 0.1) is 0 Å². The molecule has 0 N–H and O–H groups in total. The lowest BCUT2D eigenvalue weighted by molar-refractivity contribution is 1.76. The van der Waals surface area contributed by atoms with Crippen molar-refractivity contribution in [3.8, 4) is 0 Å². The standard InChI is InChI=1S/C8H6.Cl2Si/c1-2-8-5-3-7(1)4-6-8;1-3-2/h1-6H;. The summed E-state index contributed by atoms with van der Waals surface area (Å²) in [5.74, 6) is 0. The molecule has 0 aliphatic heterocycles. The van der Waals surface area contributed by atoms with Gasteiger partial charge in [-0.2, -0.15) is 0 Å². The van der Waals surface area contributed by atoms with Crippen LogP contribution in [0.2, 0.25) is 0 Å². The van der Waals surface area contributed by atoms with Crippen LogP contribution in [-0.4, -0.2) is 8.14 Å². The first-order valence-electron chi connectivity index (χ1n) is 3.11. The van der Waals surface area contributed by atoms with E-state index in [0.29, 0.717) is 0 Å². The van der Waals surface area contributed by atoms with Crippen molar-refractivity contribution in [2.75, 3.05) is 0 Å². The van der Waals surface area contributed by atoms with Crippen LogP contribution in [0.15, 0.2) is 36.4 Å². The Hall–Kier alpha value is -0.243. The molecule has 2 radical (unpaired) electrons. The Morgan fingerprint density at radius 3 is 1.00 bits per heavy atom. The summed E-state index contributed by atoms with van der Waals surface area (Å²) in [7, 11) is 0.0278. The third kappa shape index (κ3) is 2.70. The van der Waals surface area contributed by atoms with Crippen molar-refractivity contribution < 1.29 is 0 Å². The zero-order valence-electron chi connectivity index (χ0n) is 5.72. The van der Waals surface area contributed by atoms with E-state index < -0.39 is 0 Å². The van der Waals surface area contributed by atoms with E-state index in [1.807, 2.05) is 0 Å². The van der Waals surface area contributed by atoms with Gasteiger partial charge in [-0.1, -0.05) is 36.4 Å². The summed E-state index contributed by atoms with van der Waals surface area (Å²) in [4.78, 5) is 0. The molecule has 2 bridgehead atoms. The van der Waals surface area contributed by atoms with E-state index in [0.717, 1.165) is 0 Å². The van der Waals surface area contributed by atoms with E-state index >= 15 is 0 Å². The molecule has 56 valence electrons. The van der Waals surface area contributed by atoms with Crippen LogP contribution < -0.4 is 0 Å². The Morgan fingerprint density at radius 1 is 0.727 bits per heavy atom. The predicted octanol–water partition coefficient (Wildman–Crippen LogP) is 3.28. The first kappa shape index (κ1) is 8.85. The lowest BCUT2D eigenvalue weighted by atomic mass is 10.1. The zero-order valence-corrected chi connectivity index (χ0v) is 8.23. The van der Waals surface area contributed by atoms with Crippen LogP contribution >= 0.6 is 22.2 Å². The average Bonchev–Trinajstić information content (AvgIpc) is 2.09. The molecule has 11 heavy (non-hydrogen) atoms. The second-order valence-corrected chi connectivity index (χ2v) is 3.93. The minimum Gasteiger partial charge on any atom is -0.148 e. The number of hydrogen-bond donors (Lipinski definition) is 0. The van der Waals surface area contributed by atoms with Crippen LogP contribution in [0.4, 0.5) is 0 Å². The Bertz CT molecular complexity index is 220. The van der Waals surface area contributed by atoms with Gasteiger partial charge in [0.1, 0.15) is 0 Å². The van der Waals surface area contributed by atoms with Crippen LogP contribution in [0.1, 0.15) is 0 Å². The molecular weight excluding hydrogens is 195 g/mol. The van der Waals surface area contributed by atoms with E-state index in [1.165, 1.54) is 10.8 Å². The molecule has 0 saturated heterocycles. The van der Waals surface area contributed by atoms with Gasteiger partial charge in [0.25, 0.3) is 8.14 Å². The number of benzene rings is 3. The first-order chi connectivity index (χ1) is 5.36. The molecule has 3 rings (SSSR count). The second-order valence-electron chi connectivity index (χ2n) is 2.07. The van der Waals surface area contributed by atoms with E-state index in [1.54, 1.807) is 0 Å². The van der Waals surface area contributed by atoms with E-state index in [9.17, 15) is 0 Å². The third-order valence-corrected chi connectivity index (χ3v) is 1.40. The van der Waals surface area contributed by atoms with Gasteiger partial charge in [0.2, 0.25) is 0 Å². The summed E-state index contributed by atoms with van der Waals surface area (Å²) in [6, 6.07) is 12.7. The van der Waals surface area contributed by atoms with E-state index in [4.69, 9.17) is 22.2 Å². The maximum Gasteiger partial charge on any atom is 0.295 e. The van der Waals surface area contributed by atoms with Crippen molar-refractivity contribution in [2.45, 2.75) is 0 Å². The highest BCUT2D eigenvalue weighted by molar-refractivity contribution is 7.22. The Labute approximate surface area is 77.7 Å². The molecule has 3 heteroatoms. The van der Waals surface area contributed by atoms with Crippen LogP contribution in [0.3, 0.4) is 0 Å². The lowest BCUT2D eigenvalue weighted by Gasteiger charge is -1.92. The Morgan fingerprint density at radius 2 is 0.909 bits per heavy atom. The van der Waals surface area contributed by atoms with E-state index in [-0.39, 0.29) is 8.14 Å². The van der Waals surface area contributed by atoms with Crippen molar-refractivity contribution in [2.24, 2.45) is 0 Å². The molecule has 0 aliphatic rings. The van der Waals surface area contributed by atoms with Gasteiger partial charge in [-0.05, 0) is 10.8 Å². The van der Waals surface area contributed by atoms with Gasteiger partial charge in [0, 0.05) is 0 Å². The molecule has 0 fully saturated rings. The zero-order chi connectivity index (χ0) is 8.10. The van der Waals surface area contributed by atoms with Crippen LogP contribution in [0.5, 0.6) is 0 Å². The highest BCUT2D eigenvalue weighted by Crippen LogP contribution is 2.09. The van der Waals surface area contributed by atoms with Crippen molar-refractivity contribution >= 4 is 41.1 Å². The molecule has 0 saturated carbocycles. The third-order valence-electron chi connectivity index (χ3n) is 1.40. The predicted molar refractivity (Wildman–Crippen MR) is 52.6 cm³/mol. The SMILES string of the molecule is Cl[Si]Cl.c1cc2ccc1cc2. The number of fused-ring (bicyclic) bond motifs is 3. The minimum atomic E-state index is 0.0278. The van der Waals surface area contributed by atoms with Crippen molar-refractivity contribution in [3.63, 3.8) is 0 Å². The van der Waals surface area contributed by atoms with Gasteiger partial charge in [0.15, 0.2) is 0 Å². The second kappa shape index (κ2) is 4.60. The summed E-state index contributed by atoms with van der Waals surface area (Å²) in [6.45, 7) is 0. The maximum absolute atomic E-state index is 4.79. The summed E-state index contributed by atoms with van der Waals surface area (Å²) >= 11 is 9.58. The van der Waals surface area contributed by atoms with Gasteiger partial charge in [-0.3, -0.25) is 0 Å². The van der Waals surface area contributed by atoms with Gasteiger partial charge in [-0.15, -0.1) is 22.2 Å². The molecular formula is C8H6Cl2Si. The summed E-state index contributed by atoms with van der Waals surface area (Å²) in [6.07, 6.45) is 0. The fourth-order valence-corrected chi connectivity index (χ4v) is 0.911. The number of halogens is 2. The quantitative estimate of drug-likeness (QED) is 0.453. The smallest absolute Gasteiger partial charge is 0.148 e. The maximum atomic E-state index is 4.79. The summed E-state index contributed by atoms with van der Waals surface area (Å²) < 4.78 is 0. The number of hydrogen-bond acceptors (Lipinski definition) is 0. The molecule has 0 atom stereocenters. The lowest BCUT2D eigenvalue weighted by Crippen LogP contribution is -1.67. The highest BCUT2D eigenvalue weighted by Gasteiger charge is 1.84. The highest BCUT2D eigenvalue weighted by atomic mass is 35.7. The molecule has 0 spiro atoms. The van der Waals surface area contributed by atoms with Crippen molar-refractivity contribution in [3.05, 3.63) is 36.4 Å². The van der Waals surface area contributed by atoms with Crippen molar-refractivity contribution in [1.82, 2.24) is 0 Å². The summed E-state index contributed by atoms with van der Waals surface area (Å²) in [5.41, 5.74) is 0. The molecule has 0 aromatic heterocycles. The van der Waals surface area contributed by atoms with Crippen LogP contribution in [0, 0.1) is 0 Å². The molecule has 0 nitrogen and oxygen atoms in total. The summed E-state index contributed by atoms with van der Waals surface area (Å²) in [5, 5.41) is 2.61. The molecule has 3 aromatic rings. The average molecular weight is 201 g/mol. The molecule has 0 amide bonds. The molecule has 0 aliphatic carbocycles. The molecule has 0 unspecified atom stereocenters. The monoisotopic (exact) mass is 200 g/mol. The topological polar surface area (TPSA) is 0 Å². The van der Waals surface area contributed by atoms with Crippen molar-refractivity contribution in [1.29, 1.82) is 0 Å². The Kier molecular flexibility index (Phi) is 3.70. The fourth-order valence-electron chi connectivity index (χ4n) is 0.911. The Balaban J connectivity index is 0.000000179.